The number of alkyl halides is 1. The summed E-state index contributed by atoms with van der Waals surface area (Å²) in [6, 6.07) is 5.02. The van der Waals surface area contributed by atoms with E-state index in [1.165, 1.54) is 12.7 Å². The van der Waals surface area contributed by atoms with E-state index >= 15 is 0 Å². The first-order valence-electron chi connectivity index (χ1n) is 13.9. The van der Waals surface area contributed by atoms with Crippen LogP contribution in [-0.4, -0.2) is 88.8 Å². The summed E-state index contributed by atoms with van der Waals surface area (Å²) < 4.78 is 20.3. The molecular weight excluding hydrogens is 503 g/mol. The van der Waals surface area contributed by atoms with E-state index in [-0.39, 0.29) is 12.3 Å². The van der Waals surface area contributed by atoms with E-state index in [1.54, 1.807) is 10.9 Å². The van der Waals surface area contributed by atoms with Gasteiger partial charge in [-0.3, -0.25) is 9.48 Å². The normalized spacial score (nSPS) is 17.2. The van der Waals surface area contributed by atoms with Gasteiger partial charge in [-0.05, 0) is 82.5 Å². The number of amides is 1. The van der Waals surface area contributed by atoms with Crippen LogP contribution in [-0.2, 0) is 32.7 Å². The minimum atomic E-state index is -1.09. The molecule has 1 saturated carbocycles. The zero-order valence-electron chi connectivity index (χ0n) is 23.0. The van der Waals surface area contributed by atoms with Gasteiger partial charge in [-0.1, -0.05) is 6.07 Å². The summed E-state index contributed by atoms with van der Waals surface area (Å²) in [5.41, 5.74) is 2.31. The number of carboxylic acid groups (broad SMARTS) is 1. The maximum absolute atomic E-state index is 13.4. The van der Waals surface area contributed by atoms with Crippen molar-refractivity contribution in [2.75, 3.05) is 45.3 Å². The number of carbonyl (C=O) groups is 2. The highest BCUT2D eigenvalue weighted by Crippen LogP contribution is 2.43. The van der Waals surface area contributed by atoms with Gasteiger partial charge in [0.15, 0.2) is 0 Å². The number of rotatable bonds is 16. The van der Waals surface area contributed by atoms with Crippen LogP contribution in [0.5, 0.6) is 0 Å². The van der Waals surface area contributed by atoms with Gasteiger partial charge in [0.1, 0.15) is 24.1 Å². The predicted octanol–water partition coefficient (Wildman–Crippen LogP) is 2.70. The van der Waals surface area contributed by atoms with Gasteiger partial charge in [-0.2, -0.15) is 5.10 Å². The molecule has 0 aromatic carbocycles. The minimum Gasteiger partial charge on any atom is -0.480 e. The van der Waals surface area contributed by atoms with Crippen LogP contribution < -0.4 is 10.6 Å². The summed E-state index contributed by atoms with van der Waals surface area (Å²) in [6.45, 7) is 3.60. The molecule has 1 aliphatic heterocycles. The Labute approximate surface area is 229 Å². The second-order valence-corrected chi connectivity index (χ2v) is 10.7. The fourth-order valence-electron chi connectivity index (χ4n) is 5.11. The predicted molar refractivity (Wildman–Crippen MR) is 146 cm³/mol. The molecule has 0 bridgehead atoms. The van der Waals surface area contributed by atoms with E-state index < -0.39 is 30.3 Å². The number of hydrogen-bond acceptors (Lipinski definition) is 7. The molecule has 2 aromatic heterocycles. The number of hydrogen-bond donors (Lipinski definition) is 3. The van der Waals surface area contributed by atoms with Gasteiger partial charge in [0.25, 0.3) is 0 Å². The van der Waals surface area contributed by atoms with Gasteiger partial charge in [0.05, 0.1) is 11.8 Å². The van der Waals surface area contributed by atoms with Crippen molar-refractivity contribution in [3.8, 4) is 0 Å². The highest BCUT2D eigenvalue weighted by atomic mass is 19.1. The van der Waals surface area contributed by atoms with Gasteiger partial charge in [-0.15, -0.1) is 0 Å². The molecule has 214 valence electrons. The largest absolute Gasteiger partial charge is 0.480 e. The van der Waals surface area contributed by atoms with E-state index in [2.05, 4.69) is 27.9 Å². The standard InChI is InChI=1S/C28H41FN6O4/c1-20-10-17-35(33-20)28(12-13-28)27(38)32-24(26(36)37)11-16-34(19-23(18-29)39-2)15-4-3-7-22-9-8-21-6-5-14-30-25(21)31-22/h8-10,17,23-24H,3-7,11-16,18-19H2,1-2H3,(H,30,31)(H,32,38)(H,36,37). The monoisotopic (exact) mass is 544 g/mol. The molecule has 2 aromatic rings. The zero-order chi connectivity index (χ0) is 27.8. The number of carboxylic acids is 1. The number of aromatic nitrogens is 3. The van der Waals surface area contributed by atoms with Crippen molar-refractivity contribution in [1.82, 2.24) is 25.0 Å². The number of anilines is 1. The highest BCUT2D eigenvalue weighted by Gasteiger charge is 2.53. The molecule has 2 aliphatic rings. The second-order valence-electron chi connectivity index (χ2n) is 10.7. The molecule has 3 heterocycles. The first-order valence-corrected chi connectivity index (χ1v) is 13.9. The van der Waals surface area contributed by atoms with Gasteiger partial charge in [0, 0.05) is 38.6 Å². The van der Waals surface area contributed by atoms with Crippen molar-refractivity contribution in [2.45, 2.75) is 76.0 Å². The molecule has 4 rings (SSSR count). The van der Waals surface area contributed by atoms with Crippen molar-refractivity contribution in [1.29, 1.82) is 0 Å². The van der Waals surface area contributed by atoms with Gasteiger partial charge < -0.3 is 25.4 Å². The quantitative estimate of drug-likeness (QED) is 0.276. The smallest absolute Gasteiger partial charge is 0.326 e. The van der Waals surface area contributed by atoms with Crippen LogP contribution in [0.4, 0.5) is 10.2 Å². The first kappa shape index (κ1) is 28.9. The van der Waals surface area contributed by atoms with Crippen LogP contribution in [0.1, 0.15) is 55.5 Å². The Morgan fingerprint density at radius 1 is 1.28 bits per heavy atom. The lowest BCUT2D eigenvalue weighted by molar-refractivity contribution is -0.143. The Hall–Kier alpha value is -3.05. The second kappa shape index (κ2) is 13.3. The molecule has 11 heteroatoms. The Kier molecular flexibility index (Phi) is 9.90. The molecule has 1 aliphatic carbocycles. The average molecular weight is 545 g/mol. The van der Waals surface area contributed by atoms with E-state index in [0.29, 0.717) is 32.5 Å². The van der Waals surface area contributed by atoms with Crippen molar-refractivity contribution in [2.24, 2.45) is 0 Å². The molecular formula is C28H41FN6O4. The summed E-state index contributed by atoms with van der Waals surface area (Å²) in [7, 11) is 1.48. The number of nitrogens with zero attached hydrogens (tertiary/aromatic N) is 4. The number of aryl methyl sites for hydroxylation is 3. The third-order valence-corrected chi connectivity index (χ3v) is 7.72. The number of fused-ring (bicyclic) bond motifs is 1. The van der Waals surface area contributed by atoms with E-state index in [4.69, 9.17) is 9.72 Å². The lowest BCUT2D eigenvalue weighted by Crippen LogP contribution is -2.49. The molecule has 2 unspecified atom stereocenters. The van der Waals surface area contributed by atoms with Crippen LogP contribution in [0.25, 0.3) is 0 Å². The minimum absolute atomic E-state index is 0.204. The number of nitrogens with one attached hydrogen (secondary N) is 2. The number of halogens is 1. The Morgan fingerprint density at radius 3 is 2.77 bits per heavy atom. The molecule has 0 saturated heterocycles. The van der Waals surface area contributed by atoms with Crippen LogP contribution in [0.2, 0.25) is 0 Å². The fraction of sp³-hybridized carbons (Fsp3) is 0.643. The maximum atomic E-state index is 13.4. The van der Waals surface area contributed by atoms with Crippen molar-refractivity contribution in [3.05, 3.63) is 41.3 Å². The molecule has 0 spiro atoms. The summed E-state index contributed by atoms with van der Waals surface area (Å²) in [6.07, 6.45) is 7.40. The van der Waals surface area contributed by atoms with Crippen LogP contribution in [0.15, 0.2) is 24.4 Å². The zero-order valence-corrected chi connectivity index (χ0v) is 23.0. The molecule has 1 fully saturated rings. The van der Waals surface area contributed by atoms with Crippen molar-refractivity contribution >= 4 is 17.7 Å². The molecule has 0 radical (unpaired) electrons. The number of unbranched alkanes of at least 4 members (excludes halogenated alkanes) is 1. The summed E-state index contributed by atoms with van der Waals surface area (Å²) in [5.74, 6) is -0.421. The van der Waals surface area contributed by atoms with Crippen LogP contribution in [0.3, 0.4) is 0 Å². The fourth-order valence-corrected chi connectivity index (χ4v) is 5.11. The maximum Gasteiger partial charge on any atom is 0.326 e. The lowest BCUT2D eigenvalue weighted by Gasteiger charge is -2.27. The Balaban J connectivity index is 1.30. The SMILES string of the molecule is COC(CF)CN(CCCCc1ccc2c(n1)NCCC2)CCC(NC(=O)C1(n2ccc(C)n2)CC1)C(=O)O. The van der Waals surface area contributed by atoms with E-state index in [9.17, 15) is 19.1 Å². The van der Waals surface area contributed by atoms with Gasteiger partial charge >= 0.3 is 5.97 Å². The molecule has 10 nitrogen and oxygen atoms in total. The number of ether oxygens (including phenoxy) is 1. The van der Waals surface area contributed by atoms with Crippen LogP contribution in [0, 0.1) is 6.92 Å². The van der Waals surface area contributed by atoms with E-state index in [0.717, 1.165) is 55.9 Å². The Morgan fingerprint density at radius 2 is 2.10 bits per heavy atom. The molecule has 3 N–H and O–H groups in total. The summed E-state index contributed by atoms with van der Waals surface area (Å²) in [4.78, 5) is 31.9. The number of carbonyl (C=O) groups excluding carboxylic acids is 1. The lowest BCUT2D eigenvalue weighted by atomic mass is 10.1. The topological polar surface area (TPSA) is 122 Å². The van der Waals surface area contributed by atoms with Gasteiger partial charge in [-0.25, -0.2) is 14.2 Å². The number of aliphatic carboxylic acids is 1. The van der Waals surface area contributed by atoms with Crippen molar-refractivity contribution < 1.29 is 23.8 Å². The third kappa shape index (κ3) is 7.54. The number of methoxy groups -OCH3 is 1. The highest BCUT2D eigenvalue weighted by molar-refractivity contribution is 5.90. The number of pyridine rings is 1. The molecule has 2 atom stereocenters. The Bertz CT molecular complexity index is 1120. The molecule has 1 amide bonds. The van der Waals surface area contributed by atoms with Crippen LogP contribution >= 0.6 is 0 Å². The summed E-state index contributed by atoms with van der Waals surface area (Å²) in [5, 5.41) is 20.3. The van der Waals surface area contributed by atoms with Crippen molar-refractivity contribution in [3.63, 3.8) is 0 Å². The molecule has 39 heavy (non-hydrogen) atoms. The van der Waals surface area contributed by atoms with Gasteiger partial charge in [0.2, 0.25) is 5.91 Å². The summed E-state index contributed by atoms with van der Waals surface area (Å²) >= 11 is 0. The average Bonchev–Trinajstić information content (AvgIpc) is 3.64. The first-order chi connectivity index (χ1) is 18.8. The third-order valence-electron chi connectivity index (χ3n) is 7.72. The van der Waals surface area contributed by atoms with E-state index in [1.807, 2.05) is 17.9 Å².